The quantitative estimate of drug-likeness (QED) is 0.272. The van der Waals surface area contributed by atoms with Crippen molar-refractivity contribution in [3.63, 3.8) is 0 Å². The Labute approximate surface area is 184 Å². The topological polar surface area (TPSA) is 34.1 Å². The van der Waals surface area contributed by atoms with Crippen molar-refractivity contribution >= 4 is 40.4 Å². The van der Waals surface area contributed by atoms with E-state index in [2.05, 4.69) is 60.7 Å². The molecule has 0 amide bonds. The van der Waals surface area contributed by atoms with Gasteiger partial charge in [-0.2, -0.15) is 0 Å². The average Bonchev–Trinajstić information content (AvgIpc) is 2.81. The van der Waals surface area contributed by atoms with Gasteiger partial charge >= 0.3 is 0 Å². The van der Waals surface area contributed by atoms with Crippen molar-refractivity contribution in [1.29, 1.82) is 0 Å². The highest BCUT2D eigenvalue weighted by molar-refractivity contribution is 7.19. The lowest BCUT2D eigenvalue weighted by atomic mass is 10.1. The van der Waals surface area contributed by atoms with Crippen LogP contribution >= 0.6 is 0 Å². The van der Waals surface area contributed by atoms with Gasteiger partial charge in [0.05, 0.1) is 0 Å². The standard InChI is InChI=1S/C28H24O2Si/c1-21(29)23-11-9-17-27(19-23)31(25-13-5-3-6-14-25,26-15-7-4-8-16-26)28-18-10-12-24(20-28)22(2)30/h3-20H,1-2H3. The molecule has 0 aliphatic carbocycles. The highest BCUT2D eigenvalue weighted by Crippen LogP contribution is 2.12. The van der Waals surface area contributed by atoms with Crippen LogP contribution in [0.25, 0.3) is 0 Å². The average molecular weight is 421 g/mol. The van der Waals surface area contributed by atoms with Gasteiger partial charge in [-0.05, 0) is 34.6 Å². The summed E-state index contributed by atoms with van der Waals surface area (Å²) in [5.41, 5.74) is 1.40. The zero-order valence-corrected chi connectivity index (χ0v) is 18.7. The third-order valence-corrected chi connectivity index (χ3v) is 10.6. The molecule has 0 N–H and O–H groups in total. The molecule has 0 atom stereocenters. The molecule has 0 aliphatic heterocycles. The molecule has 2 nitrogen and oxygen atoms in total. The molecule has 152 valence electrons. The van der Waals surface area contributed by atoms with Crippen LogP contribution in [-0.4, -0.2) is 19.6 Å². The lowest BCUT2D eigenvalue weighted by Gasteiger charge is -2.34. The monoisotopic (exact) mass is 420 g/mol. The predicted molar refractivity (Wildman–Crippen MR) is 130 cm³/mol. The molecule has 0 spiro atoms. The highest BCUT2D eigenvalue weighted by Gasteiger charge is 2.41. The Bertz CT molecular complexity index is 1130. The molecule has 4 aromatic carbocycles. The minimum atomic E-state index is -2.76. The lowest BCUT2D eigenvalue weighted by Crippen LogP contribution is -2.74. The molecule has 0 aliphatic rings. The largest absolute Gasteiger partial charge is 0.295 e. The Balaban J connectivity index is 2.16. The van der Waals surface area contributed by atoms with E-state index in [9.17, 15) is 9.59 Å². The number of carbonyl (C=O) groups is 2. The van der Waals surface area contributed by atoms with Crippen molar-refractivity contribution < 1.29 is 9.59 Å². The summed E-state index contributed by atoms with van der Waals surface area (Å²) in [5.74, 6) is 0.0896. The molecule has 31 heavy (non-hydrogen) atoms. The molecule has 0 unspecified atom stereocenters. The molecule has 0 fully saturated rings. The molecular formula is C28H24O2Si. The summed E-state index contributed by atoms with van der Waals surface area (Å²) in [5, 5.41) is 4.67. The van der Waals surface area contributed by atoms with Crippen LogP contribution in [0.4, 0.5) is 0 Å². The maximum Gasteiger partial charge on any atom is 0.179 e. The lowest BCUT2D eigenvalue weighted by molar-refractivity contribution is 0.100. The highest BCUT2D eigenvalue weighted by atomic mass is 28.3. The fourth-order valence-electron chi connectivity index (χ4n) is 4.32. The first-order valence-electron chi connectivity index (χ1n) is 10.4. The Kier molecular flexibility index (Phi) is 5.78. The van der Waals surface area contributed by atoms with E-state index in [-0.39, 0.29) is 11.6 Å². The third-order valence-electron chi connectivity index (χ3n) is 5.82. The molecule has 4 aromatic rings. The summed E-state index contributed by atoms with van der Waals surface area (Å²) < 4.78 is 0. The summed E-state index contributed by atoms with van der Waals surface area (Å²) in [6, 6.07) is 36.9. The van der Waals surface area contributed by atoms with Gasteiger partial charge < -0.3 is 0 Å². The van der Waals surface area contributed by atoms with Crippen LogP contribution < -0.4 is 20.7 Å². The number of rotatable bonds is 6. The number of hydrogen-bond donors (Lipinski definition) is 0. The summed E-state index contributed by atoms with van der Waals surface area (Å²) in [6.45, 7) is 3.20. The maximum absolute atomic E-state index is 12.2. The Morgan fingerprint density at radius 2 is 0.839 bits per heavy atom. The van der Waals surface area contributed by atoms with Gasteiger partial charge in [-0.15, -0.1) is 0 Å². The van der Waals surface area contributed by atoms with Crippen molar-refractivity contribution in [2.45, 2.75) is 13.8 Å². The fraction of sp³-hybridized carbons (Fsp3) is 0.0714. The van der Waals surface area contributed by atoms with Gasteiger partial charge in [0.1, 0.15) is 0 Å². The van der Waals surface area contributed by atoms with Gasteiger partial charge in [0.25, 0.3) is 0 Å². The normalized spacial score (nSPS) is 11.2. The second-order valence-corrected chi connectivity index (χ2v) is 11.6. The molecular weight excluding hydrogens is 396 g/mol. The Hall–Kier alpha value is -3.56. The second-order valence-electron chi connectivity index (χ2n) is 7.76. The van der Waals surface area contributed by atoms with E-state index in [4.69, 9.17) is 0 Å². The Morgan fingerprint density at radius 1 is 0.484 bits per heavy atom. The molecule has 3 heteroatoms. The van der Waals surface area contributed by atoms with Crippen LogP contribution in [0.3, 0.4) is 0 Å². The smallest absolute Gasteiger partial charge is 0.179 e. The van der Waals surface area contributed by atoms with Crippen molar-refractivity contribution in [1.82, 2.24) is 0 Å². The van der Waals surface area contributed by atoms with E-state index >= 15 is 0 Å². The first kappa shape index (κ1) is 20.7. The van der Waals surface area contributed by atoms with E-state index in [0.29, 0.717) is 11.1 Å². The van der Waals surface area contributed by atoms with Gasteiger partial charge in [-0.25, -0.2) is 0 Å². The second kappa shape index (κ2) is 8.66. The van der Waals surface area contributed by atoms with Gasteiger partial charge in [0.15, 0.2) is 19.6 Å². The van der Waals surface area contributed by atoms with Crippen LogP contribution in [0.5, 0.6) is 0 Å². The summed E-state index contributed by atoms with van der Waals surface area (Å²) in [4.78, 5) is 24.5. The molecule has 0 saturated heterocycles. The molecule has 0 aromatic heterocycles. The van der Waals surface area contributed by atoms with Crippen molar-refractivity contribution in [3.8, 4) is 0 Å². The minimum Gasteiger partial charge on any atom is -0.295 e. The van der Waals surface area contributed by atoms with Crippen LogP contribution in [0.2, 0.25) is 0 Å². The number of ketones is 2. The minimum absolute atomic E-state index is 0.0448. The van der Waals surface area contributed by atoms with Gasteiger partial charge in [0, 0.05) is 11.1 Å². The molecule has 0 bridgehead atoms. The van der Waals surface area contributed by atoms with Crippen LogP contribution in [-0.2, 0) is 0 Å². The van der Waals surface area contributed by atoms with Crippen molar-refractivity contribution in [2.75, 3.05) is 0 Å². The number of hydrogen-bond acceptors (Lipinski definition) is 2. The predicted octanol–water partition coefficient (Wildman–Crippen LogP) is 3.47. The van der Waals surface area contributed by atoms with Gasteiger partial charge in [0.2, 0.25) is 0 Å². The summed E-state index contributed by atoms with van der Waals surface area (Å²) in [7, 11) is -2.76. The first-order chi connectivity index (χ1) is 15.0. The zero-order chi connectivity index (χ0) is 21.8. The van der Waals surface area contributed by atoms with Crippen LogP contribution in [0.1, 0.15) is 34.6 Å². The molecule has 4 rings (SSSR count). The van der Waals surface area contributed by atoms with Crippen LogP contribution in [0, 0.1) is 0 Å². The number of Topliss-reactive ketones (excluding diaryl/α,β-unsaturated/α-hetero) is 2. The third kappa shape index (κ3) is 3.80. The van der Waals surface area contributed by atoms with E-state index in [1.165, 1.54) is 10.4 Å². The fourth-order valence-corrected chi connectivity index (χ4v) is 9.14. The number of benzene rings is 4. The number of carbonyl (C=O) groups excluding carboxylic acids is 2. The van der Waals surface area contributed by atoms with Gasteiger partial charge in [-0.3, -0.25) is 9.59 Å². The van der Waals surface area contributed by atoms with E-state index in [0.717, 1.165) is 10.4 Å². The SMILES string of the molecule is CC(=O)c1cccc([Si](c2ccccc2)(c2ccccc2)c2cccc(C(C)=O)c2)c1. The molecule has 0 heterocycles. The van der Waals surface area contributed by atoms with E-state index in [1.807, 2.05) is 48.5 Å². The van der Waals surface area contributed by atoms with Crippen LogP contribution in [0.15, 0.2) is 109 Å². The molecule has 0 saturated carbocycles. The van der Waals surface area contributed by atoms with Crippen molar-refractivity contribution in [3.05, 3.63) is 120 Å². The van der Waals surface area contributed by atoms with Crippen molar-refractivity contribution in [2.24, 2.45) is 0 Å². The Morgan fingerprint density at radius 3 is 1.19 bits per heavy atom. The summed E-state index contributed by atoms with van der Waals surface area (Å²) >= 11 is 0. The first-order valence-corrected chi connectivity index (χ1v) is 12.4. The maximum atomic E-state index is 12.2. The van der Waals surface area contributed by atoms with Gasteiger partial charge in [-0.1, -0.05) is 109 Å². The molecule has 0 radical (unpaired) electrons. The zero-order valence-electron chi connectivity index (χ0n) is 17.7. The van der Waals surface area contributed by atoms with E-state index in [1.54, 1.807) is 13.8 Å². The summed E-state index contributed by atoms with van der Waals surface area (Å²) in [6.07, 6.45) is 0. The van der Waals surface area contributed by atoms with E-state index < -0.39 is 8.07 Å².